The number of aliphatic carboxylic acids is 1. The van der Waals surface area contributed by atoms with Crippen LogP contribution in [-0.4, -0.2) is 28.0 Å². The number of carbonyl (C=O) groups is 2. The molecule has 1 atom stereocenters. The Labute approximate surface area is 188 Å². The molecule has 0 saturated heterocycles. The molecule has 6 nitrogen and oxygen atoms in total. The van der Waals surface area contributed by atoms with E-state index in [0.717, 1.165) is 27.1 Å². The van der Waals surface area contributed by atoms with E-state index >= 15 is 0 Å². The van der Waals surface area contributed by atoms with Crippen molar-refractivity contribution in [3.8, 4) is 0 Å². The molecular formula is C27H20N2O4. The van der Waals surface area contributed by atoms with Gasteiger partial charge in [0.05, 0.1) is 0 Å². The minimum Gasteiger partial charge on any atom is -0.480 e. The van der Waals surface area contributed by atoms with Crippen molar-refractivity contribution in [1.29, 1.82) is 0 Å². The van der Waals surface area contributed by atoms with E-state index in [1.54, 1.807) is 30.3 Å². The van der Waals surface area contributed by atoms with Gasteiger partial charge in [-0.2, -0.15) is 0 Å². The highest BCUT2D eigenvalue weighted by Gasteiger charge is 2.22. The van der Waals surface area contributed by atoms with Gasteiger partial charge in [0.25, 0.3) is 11.5 Å². The zero-order valence-corrected chi connectivity index (χ0v) is 17.5. The number of fused-ring (bicyclic) bond motifs is 4. The van der Waals surface area contributed by atoms with E-state index in [4.69, 9.17) is 0 Å². The molecule has 1 amide bonds. The maximum Gasteiger partial charge on any atom is 0.326 e. The van der Waals surface area contributed by atoms with Gasteiger partial charge in [-0.25, -0.2) is 4.79 Å². The van der Waals surface area contributed by atoms with Crippen molar-refractivity contribution in [1.82, 2.24) is 10.3 Å². The molecule has 33 heavy (non-hydrogen) atoms. The van der Waals surface area contributed by atoms with Gasteiger partial charge in [-0.05, 0) is 39.9 Å². The monoisotopic (exact) mass is 436 g/mol. The number of H-pyrrole nitrogens is 1. The molecule has 5 aromatic rings. The molecule has 4 aromatic carbocycles. The molecule has 162 valence electrons. The highest BCUT2D eigenvalue weighted by molar-refractivity contribution is 6.08. The van der Waals surface area contributed by atoms with Crippen molar-refractivity contribution >= 4 is 44.3 Å². The smallest absolute Gasteiger partial charge is 0.326 e. The summed E-state index contributed by atoms with van der Waals surface area (Å²) in [5, 5.41) is 16.6. The zero-order chi connectivity index (χ0) is 22.9. The number of benzene rings is 4. The number of pyridine rings is 1. The third kappa shape index (κ3) is 3.94. The molecular weight excluding hydrogens is 416 g/mol. The quantitative estimate of drug-likeness (QED) is 0.359. The third-order valence-electron chi connectivity index (χ3n) is 5.85. The molecule has 0 fully saturated rings. The molecule has 0 aliphatic heterocycles. The summed E-state index contributed by atoms with van der Waals surface area (Å²) in [4.78, 5) is 40.0. The normalized spacial score (nSPS) is 12.1. The summed E-state index contributed by atoms with van der Waals surface area (Å²) in [7, 11) is 0. The highest BCUT2D eigenvalue weighted by atomic mass is 16.4. The fraction of sp³-hybridized carbons (Fsp3) is 0.0741. The molecule has 0 radical (unpaired) electrons. The molecule has 6 heteroatoms. The summed E-state index contributed by atoms with van der Waals surface area (Å²) in [6.45, 7) is 0. The summed E-state index contributed by atoms with van der Waals surface area (Å²) >= 11 is 0. The lowest BCUT2D eigenvalue weighted by Crippen LogP contribution is -2.42. The molecule has 0 aliphatic carbocycles. The van der Waals surface area contributed by atoms with Gasteiger partial charge in [0.15, 0.2) is 0 Å². The van der Waals surface area contributed by atoms with Crippen LogP contribution in [0.25, 0.3) is 32.4 Å². The second-order valence-corrected chi connectivity index (χ2v) is 8.01. The van der Waals surface area contributed by atoms with Crippen LogP contribution in [0.3, 0.4) is 0 Å². The molecule has 5 rings (SSSR count). The number of aromatic amines is 1. The van der Waals surface area contributed by atoms with Gasteiger partial charge in [0, 0.05) is 28.3 Å². The van der Waals surface area contributed by atoms with Gasteiger partial charge in [-0.15, -0.1) is 0 Å². The first-order valence-corrected chi connectivity index (χ1v) is 10.6. The van der Waals surface area contributed by atoms with Gasteiger partial charge in [-0.1, -0.05) is 66.7 Å². The van der Waals surface area contributed by atoms with Gasteiger partial charge in [0.1, 0.15) is 6.04 Å². The Morgan fingerprint density at radius 3 is 2.33 bits per heavy atom. The van der Waals surface area contributed by atoms with E-state index in [2.05, 4.69) is 10.3 Å². The van der Waals surface area contributed by atoms with Crippen molar-refractivity contribution < 1.29 is 14.7 Å². The van der Waals surface area contributed by atoms with Crippen molar-refractivity contribution in [3.05, 3.63) is 106 Å². The number of amides is 1. The lowest BCUT2D eigenvalue weighted by Gasteiger charge is -2.15. The largest absolute Gasteiger partial charge is 0.480 e. The summed E-state index contributed by atoms with van der Waals surface area (Å²) < 4.78 is 0. The Morgan fingerprint density at radius 2 is 1.55 bits per heavy atom. The number of carboxylic acids is 1. The second-order valence-electron chi connectivity index (χ2n) is 8.01. The minimum atomic E-state index is -1.11. The Balaban J connectivity index is 1.43. The predicted octanol–water partition coefficient (Wildman–Crippen LogP) is 4.26. The van der Waals surface area contributed by atoms with E-state index in [9.17, 15) is 19.5 Å². The first-order chi connectivity index (χ1) is 16.0. The lowest BCUT2D eigenvalue weighted by molar-refractivity contribution is -0.139. The Kier molecular flexibility index (Phi) is 5.11. The van der Waals surface area contributed by atoms with E-state index in [1.807, 2.05) is 54.6 Å². The summed E-state index contributed by atoms with van der Waals surface area (Å²) in [6.07, 6.45) is 0.154. The first kappa shape index (κ1) is 20.5. The Hall–Kier alpha value is -4.45. The van der Waals surface area contributed by atoms with Crippen molar-refractivity contribution in [2.45, 2.75) is 12.5 Å². The van der Waals surface area contributed by atoms with Crippen LogP contribution in [0.2, 0.25) is 0 Å². The number of hydrogen-bond acceptors (Lipinski definition) is 3. The van der Waals surface area contributed by atoms with Crippen LogP contribution in [-0.2, 0) is 11.2 Å². The van der Waals surface area contributed by atoms with Crippen LogP contribution in [0.15, 0.2) is 89.7 Å². The average Bonchev–Trinajstić information content (AvgIpc) is 2.83. The maximum absolute atomic E-state index is 12.9. The molecule has 0 aliphatic rings. The van der Waals surface area contributed by atoms with Crippen LogP contribution in [0.5, 0.6) is 0 Å². The number of aromatic nitrogens is 1. The summed E-state index contributed by atoms with van der Waals surface area (Å²) in [6, 6.07) is 24.7. The van der Waals surface area contributed by atoms with Gasteiger partial charge in [0.2, 0.25) is 0 Å². The van der Waals surface area contributed by atoms with Crippen LogP contribution in [0, 0.1) is 0 Å². The third-order valence-corrected chi connectivity index (χ3v) is 5.85. The summed E-state index contributed by atoms with van der Waals surface area (Å²) in [5.41, 5.74) is 1.37. The van der Waals surface area contributed by atoms with E-state index in [1.165, 1.54) is 0 Å². The fourth-order valence-electron chi connectivity index (χ4n) is 4.17. The minimum absolute atomic E-state index is 0.154. The standard InChI is InChI=1S/C27H20N2O4/c30-25(19-11-12-21-20-7-3-4-8-22(20)26(31)28-23(21)15-19)29-24(27(32)33)14-16-9-10-17-5-1-2-6-18(17)13-16/h1-13,15,24H,14H2,(H,28,31)(H,29,30)(H,32,33). The van der Waals surface area contributed by atoms with Crippen molar-refractivity contribution in [3.63, 3.8) is 0 Å². The topological polar surface area (TPSA) is 99.3 Å². The molecule has 0 spiro atoms. The van der Waals surface area contributed by atoms with Crippen LogP contribution >= 0.6 is 0 Å². The van der Waals surface area contributed by atoms with Crippen LogP contribution in [0.4, 0.5) is 0 Å². The summed E-state index contributed by atoms with van der Waals surface area (Å²) in [5.74, 6) is -1.63. The molecule has 0 bridgehead atoms. The Bertz CT molecular complexity index is 1600. The number of nitrogens with one attached hydrogen (secondary N) is 2. The second kappa shape index (κ2) is 8.24. The molecule has 1 aromatic heterocycles. The lowest BCUT2D eigenvalue weighted by atomic mass is 10.0. The van der Waals surface area contributed by atoms with E-state index < -0.39 is 17.9 Å². The maximum atomic E-state index is 12.9. The molecule has 0 saturated carbocycles. The Morgan fingerprint density at radius 1 is 0.818 bits per heavy atom. The van der Waals surface area contributed by atoms with Gasteiger partial charge < -0.3 is 15.4 Å². The van der Waals surface area contributed by atoms with Gasteiger partial charge >= 0.3 is 5.97 Å². The number of carboxylic acid groups (broad SMARTS) is 1. The molecule has 1 heterocycles. The number of hydrogen-bond donors (Lipinski definition) is 3. The number of carbonyl (C=O) groups excluding carboxylic acids is 1. The van der Waals surface area contributed by atoms with Crippen LogP contribution < -0.4 is 10.9 Å². The van der Waals surface area contributed by atoms with E-state index in [0.29, 0.717) is 10.9 Å². The fourth-order valence-corrected chi connectivity index (χ4v) is 4.17. The number of rotatable bonds is 5. The van der Waals surface area contributed by atoms with E-state index in [-0.39, 0.29) is 17.5 Å². The van der Waals surface area contributed by atoms with Crippen molar-refractivity contribution in [2.75, 3.05) is 0 Å². The SMILES string of the molecule is O=C(NC(Cc1ccc2ccccc2c1)C(=O)O)c1ccc2c(c1)[nH]c(=O)c1ccccc12. The average molecular weight is 436 g/mol. The first-order valence-electron chi connectivity index (χ1n) is 10.6. The predicted molar refractivity (Wildman–Crippen MR) is 129 cm³/mol. The van der Waals surface area contributed by atoms with Gasteiger partial charge in [-0.3, -0.25) is 9.59 Å². The highest BCUT2D eigenvalue weighted by Crippen LogP contribution is 2.22. The van der Waals surface area contributed by atoms with Crippen molar-refractivity contribution in [2.24, 2.45) is 0 Å². The zero-order valence-electron chi connectivity index (χ0n) is 17.5. The molecule has 3 N–H and O–H groups in total. The van der Waals surface area contributed by atoms with Crippen LogP contribution in [0.1, 0.15) is 15.9 Å². The molecule has 1 unspecified atom stereocenters.